The van der Waals surface area contributed by atoms with Crippen LogP contribution in [-0.4, -0.2) is 0 Å². The van der Waals surface area contributed by atoms with Gasteiger partial charge in [0.2, 0.25) is 0 Å². The van der Waals surface area contributed by atoms with Crippen molar-refractivity contribution in [3.8, 4) is 0 Å². The Hall–Kier alpha value is -2.64. The highest BCUT2D eigenvalue weighted by molar-refractivity contribution is 7.26. The number of allylic oxidation sites excluding steroid dienone is 1. The molecular formula is C24H16S. The van der Waals surface area contributed by atoms with Crippen LogP contribution in [0.3, 0.4) is 0 Å². The van der Waals surface area contributed by atoms with Gasteiger partial charge in [0.05, 0.1) is 0 Å². The van der Waals surface area contributed by atoms with Gasteiger partial charge in [0, 0.05) is 20.2 Å². The van der Waals surface area contributed by atoms with Crippen molar-refractivity contribution in [1.82, 2.24) is 0 Å². The molecule has 0 fully saturated rings. The summed E-state index contributed by atoms with van der Waals surface area (Å²) in [5.74, 6) is 0. The smallest absolute Gasteiger partial charge is 0.0430 e. The lowest BCUT2D eigenvalue weighted by atomic mass is 9.95. The Bertz CT molecular complexity index is 1330. The van der Waals surface area contributed by atoms with Gasteiger partial charge in [0.15, 0.2) is 0 Å². The average molecular weight is 336 g/mol. The number of hydrogen-bond acceptors (Lipinski definition) is 1. The molecule has 0 atom stereocenters. The van der Waals surface area contributed by atoms with Gasteiger partial charge in [-0.1, -0.05) is 60.7 Å². The highest BCUT2D eigenvalue weighted by Crippen LogP contribution is 2.41. The van der Waals surface area contributed by atoms with E-state index in [2.05, 4.69) is 72.8 Å². The second-order valence-electron chi connectivity index (χ2n) is 6.91. The van der Waals surface area contributed by atoms with Crippen LogP contribution in [0, 0.1) is 0 Å². The third kappa shape index (κ3) is 1.87. The van der Waals surface area contributed by atoms with E-state index in [1.165, 1.54) is 65.7 Å². The standard InChI is InChI=1S/C24H16S/c1-3-7-18-15(5-1)9-10-17-13-22-20-12-11-16-6-2-4-8-19(16)24(20)25-23(22)14-21(17)18/h1,3-5,7-14H,2,6H2. The zero-order valence-corrected chi connectivity index (χ0v) is 14.6. The molecule has 118 valence electrons. The molecule has 1 aliphatic carbocycles. The molecule has 0 bridgehead atoms. The van der Waals surface area contributed by atoms with Crippen LogP contribution in [0.1, 0.15) is 17.5 Å². The zero-order chi connectivity index (χ0) is 16.4. The molecule has 0 N–H and O–H groups in total. The summed E-state index contributed by atoms with van der Waals surface area (Å²) in [6, 6.07) is 22.6. The quantitative estimate of drug-likeness (QED) is 0.260. The van der Waals surface area contributed by atoms with Crippen LogP contribution in [-0.2, 0) is 6.42 Å². The maximum Gasteiger partial charge on any atom is 0.0430 e. The van der Waals surface area contributed by atoms with Crippen LogP contribution in [0.4, 0.5) is 0 Å². The van der Waals surface area contributed by atoms with Crippen molar-refractivity contribution in [3.63, 3.8) is 0 Å². The number of fused-ring (bicyclic) bond motifs is 8. The van der Waals surface area contributed by atoms with Gasteiger partial charge in [0.25, 0.3) is 0 Å². The fourth-order valence-corrected chi connectivity index (χ4v) is 5.52. The lowest BCUT2D eigenvalue weighted by Gasteiger charge is -2.10. The number of benzene rings is 4. The molecule has 0 aliphatic heterocycles. The fraction of sp³-hybridized carbons (Fsp3) is 0.0833. The molecule has 25 heavy (non-hydrogen) atoms. The Balaban J connectivity index is 1.79. The second kappa shape index (κ2) is 4.93. The van der Waals surface area contributed by atoms with Crippen molar-refractivity contribution < 1.29 is 0 Å². The van der Waals surface area contributed by atoms with E-state index in [0.29, 0.717) is 0 Å². The van der Waals surface area contributed by atoms with Crippen LogP contribution in [0.25, 0.3) is 47.8 Å². The third-order valence-electron chi connectivity index (χ3n) is 5.50. The monoisotopic (exact) mass is 336 g/mol. The van der Waals surface area contributed by atoms with Gasteiger partial charge in [0.1, 0.15) is 0 Å². The first kappa shape index (κ1) is 13.6. The molecule has 5 aromatic rings. The second-order valence-corrected chi connectivity index (χ2v) is 7.97. The summed E-state index contributed by atoms with van der Waals surface area (Å²) in [6.07, 6.45) is 6.98. The molecule has 0 spiro atoms. The summed E-state index contributed by atoms with van der Waals surface area (Å²) in [4.78, 5) is 0. The number of aryl methyl sites for hydroxylation is 1. The predicted octanol–water partition coefficient (Wildman–Crippen LogP) is 7.32. The predicted molar refractivity (Wildman–Crippen MR) is 112 cm³/mol. The molecule has 0 nitrogen and oxygen atoms in total. The van der Waals surface area contributed by atoms with Crippen LogP contribution in [0.5, 0.6) is 0 Å². The zero-order valence-electron chi connectivity index (χ0n) is 13.8. The molecule has 6 rings (SSSR count). The molecule has 1 aliphatic rings. The third-order valence-corrected chi connectivity index (χ3v) is 6.70. The molecule has 0 radical (unpaired) electrons. The Morgan fingerprint density at radius 3 is 2.64 bits per heavy atom. The summed E-state index contributed by atoms with van der Waals surface area (Å²) in [5, 5.41) is 8.16. The van der Waals surface area contributed by atoms with Gasteiger partial charge in [-0.25, -0.2) is 0 Å². The topological polar surface area (TPSA) is 0 Å². The lowest BCUT2D eigenvalue weighted by Crippen LogP contribution is -1.92. The van der Waals surface area contributed by atoms with Crippen LogP contribution < -0.4 is 0 Å². The van der Waals surface area contributed by atoms with Crippen LogP contribution in [0.15, 0.2) is 66.7 Å². The van der Waals surface area contributed by atoms with E-state index < -0.39 is 0 Å². The molecule has 4 aromatic carbocycles. The van der Waals surface area contributed by atoms with Crippen LogP contribution in [0.2, 0.25) is 0 Å². The summed E-state index contributed by atoms with van der Waals surface area (Å²) >= 11 is 1.95. The Morgan fingerprint density at radius 2 is 1.64 bits per heavy atom. The molecule has 1 heterocycles. The van der Waals surface area contributed by atoms with E-state index in [4.69, 9.17) is 0 Å². The molecule has 0 amide bonds. The van der Waals surface area contributed by atoms with Crippen LogP contribution >= 0.6 is 11.3 Å². The minimum Gasteiger partial charge on any atom is -0.135 e. The first-order chi connectivity index (χ1) is 12.4. The largest absolute Gasteiger partial charge is 0.135 e. The Kier molecular flexibility index (Phi) is 2.69. The summed E-state index contributed by atoms with van der Waals surface area (Å²) in [5.41, 5.74) is 2.94. The Labute approximate surface area is 150 Å². The molecule has 1 aromatic heterocycles. The highest BCUT2D eigenvalue weighted by atomic mass is 32.1. The molecule has 0 saturated carbocycles. The maximum atomic E-state index is 2.40. The van der Waals surface area contributed by atoms with E-state index >= 15 is 0 Å². The molecule has 0 saturated heterocycles. The van der Waals surface area contributed by atoms with Gasteiger partial charge in [-0.05, 0) is 57.6 Å². The van der Waals surface area contributed by atoms with E-state index in [1.54, 1.807) is 0 Å². The van der Waals surface area contributed by atoms with Crippen molar-refractivity contribution in [3.05, 3.63) is 77.9 Å². The van der Waals surface area contributed by atoms with E-state index in [-0.39, 0.29) is 0 Å². The van der Waals surface area contributed by atoms with Crippen molar-refractivity contribution in [2.75, 3.05) is 0 Å². The summed E-state index contributed by atoms with van der Waals surface area (Å²) in [7, 11) is 0. The molecule has 0 unspecified atom stereocenters. The van der Waals surface area contributed by atoms with Crippen molar-refractivity contribution in [2.45, 2.75) is 12.8 Å². The lowest BCUT2D eigenvalue weighted by molar-refractivity contribution is 0.990. The minimum absolute atomic E-state index is 1.17. The van der Waals surface area contributed by atoms with Crippen molar-refractivity contribution in [2.24, 2.45) is 0 Å². The van der Waals surface area contributed by atoms with Crippen molar-refractivity contribution >= 4 is 59.1 Å². The number of rotatable bonds is 0. The van der Waals surface area contributed by atoms with E-state index in [1.807, 2.05) is 11.3 Å². The van der Waals surface area contributed by atoms with Gasteiger partial charge >= 0.3 is 0 Å². The summed E-state index contributed by atoms with van der Waals surface area (Å²) < 4.78 is 2.84. The van der Waals surface area contributed by atoms with E-state index in [9.17, 15) is 0 Å². The van der Waals surface area contributed by atoms with Gasteiger partial charge in [-0.2, -0.15) is 0 Å². The fourth-order valence-electron chi connectivity index (χ4n) is 4.24. The van der Waals surface area contributed by atoms with E-state index in [0.717, 1.165) is 0 Å². The minimum atomic E-state index is 1.17. The van der Waals surface area contributed by atoms with Gasteiger partial charge in [-0.15, -0.1) is 11.3 Å². The molecule has 1 heteroatoms. The van der Waals surface area contributed by atoms with Gasteiger partial charge in [-0.3, -0.25) is 0 Å². The number of thiophene rings is 1. The first-order valence-electron chi connectivity index (χ1n) is 8.85. The van der Waals surface area contributed by atoms with Crippen molar-refractivity contribution in [1.29, 1.82) is 0 Å². The van der Waals surface area contributed by atoms with Gasteiger partial charge < -0.3 is 0 Å². The maximum absolute atomic E-state index is 2.40. The molecular weight excluding hydrogens is 320 g/mol. The average Bonchev–Trinajstić information content (AvgIpc) is 3.04. The Morgan fingerprint density at radius 1 is 0.720 bits per heavy atom. The normalized spacial score (nSPS) is 13.9. The number of hydrogen-bond donors (Lipinski definition) is 0. The first-order valence-corrected chi connectivity index (χ1v) is 9.66. The SMILES string of the molecule is C1=Cc2c(ccc3c2sc2cc4c(ccc5ccccc54)cc23)CC1. The highest BCUT2D eigenvalue weighted by Gasteiger charge is 2.14. The summed E-state index contributed by atoms with van der Waals surface area (Å²) in [6.45, 7) is 0.